The quantitative estimate of drug-likeness (QED) is 0.660. The van der Waals surface area contributed by atoms with Crippen LogP contribution in [0.5, 0.6) is 0 Å². The van der Waals surface area contributed by atoms with Crippen LogP contribution in [-0.2, 0) is 6.54 Å². The van der Waals surface area contributed by atoms with Gasteiger partial charge < -0.3 is 5.32 Å². The van der Waals surface area contributed by atoms with Gasteiger partial charge in [-0.25, -0.2) is 4.39 Å². The highest BCUT2D eigenvalue weighted by Gasteiger charge is 2.18. The van der Waals surface area contributed by atoms with Crippen molar-refractivity contribution in [1.29, 1.82) is 0 Å². The molecule has 3 rings (SSSR count). The molecule has 1 aromatic heterocycles. The van der Waals surface area contributed by atoms with E-state index >= 15 is 0 Å². The molecule has 0 saturated carbocycles. The molecule has 1 N–H and O–H groups in total. The Labute approximate surface area is 160 Å². The van der Waals surface area contributed by atoms with Gasteiger partial charge >= 0.3 is 0 Å². The molecule has 0 saturated heterocycles. The zero-order valence-corrected chi connectivity index (χ0v) is 15.7. The molecule has 4 nitrogen and oxygen atoms in total. The highest BCUT2D eigenvalue weighted by molar-refractivity contribution is 6.44. The van der Waals surface area contributed by atoms with Gasteiger partial charge in [-0.15, -0.1) is 0 Å². The summed E-state index contributed by atoms with van der Waals surface area (Å²) in [5, 5.41) is 7.80. The van der Waals surface area contributed by atoms with Gasteiger partial charge in [0.25, 0.3) is 5.91 Å². The summed E-state index contributed by atoms with van der Waals surface area (Å²) in [4.78, 5) is 12.6. The molecule has 0 bridgehead atoms. The number of carbonyl (C=O) groups is 1. The summed E-state index contributed by atoms with van der Waals surface area (Å²) >= 11 is 12.1. The Morgan fingerprint density at radius 1 is 1.19 bits per heavy atom. The summed E-state index contributed by atoms with van der Waals surface area (Å²) in [5.74, 6) is -0.665. The third-order valence-electron chi connectivity index (χ3n) is 4.04. The zero-order chi connectivity index (χ0) is 18.8. The lowest BCUT2D eigenvalue weighted by molar-refractivity contribution is 0.102. The molecule has 0 aliphatic carbocycles. The summed E-state index contributed by atoms with van der Waals surface area (Å²) in [6.07, 6.45) is 0. The molecule has 3 aromatic rings. The number of aromatic nitrogens is 2. The number of hydrogen-bond acceptors (Lipinski definition) is 2. The minimum atomic E-state index is -0.367. The maximum atomic E-state index is 13.4. The van der Waals surface area contributed by atoms with E-state index in [4.69, 9.17) is 23.2 Å². The third kappa shape index (κ3) is 3.74. The van der Waals surface area contributed by atoms with Gasteiger partial charge in [-0.05, 0) is 43.7 Å². The molecule has 26 heavy (non-hydrogen) atoms. The molecular weight excluding hydrogens is 376 g/mol. The first kappa shape index (κ1) is 18.4. The van der Waals surface area contributed by atoms with Crippen molar-refractivity contribution >= 4 is 34.8 Å². The molecule has 0 spiro atoms. The molecule has 1 heterocycles. The van der Waals surface area contributed by atoms with Gasteiger partial charge in [0.2, 0.25) is 0 Å². The van der Waals surface area contributed by atoms with Crippen LogP contribution in [0, 0.1) is 19.7 Å². The number of rotatable bonds is 4. The molecule has 0 aliphatic heterocycles. The standard InChI is InChI=1S/C19H16Cl2FN3O/c1-11-18(23-19(26)15-7-4-8-16(20)17(15)21)12(2)25(24-11)10-13-5-3-6-14(22)9-13/h3-9H,10H2,1-2H3,(H,23,26). The zero-order valence-electron chi connectivity index (χ0n) is 14.2. The SMILES string of the molecule is Cc1nn(Cc2cccc(F)c2)c(C)c1NC(=O)c1cccc(Cl)c1Cl. The van der Waals surface area contributed by atoms with Gasteiger partial charge in [0.15, 0.2) is 0 Å². The molecule has 134 valence electrons. The smallest absolute Gasteiger partial charge is 0.257 e. The lowest BCUT2D eigenvalue weighted by Gasteiger charge is -2.09. The van der Waals surface area contributed by atoms with Crippen LogP contribution in [0.15, 0.2) is 42.5 Å². The maximum absolute atomic E-state index is 13.4. The Balaban J connectivity index is 1.86. The van der Waals surface area contributed by atoms with Crippen LogP contribution in [0.4, 0.5) is 10.1 Å². The summed E-state index contributed by atoms with van der Waals surface area (Å²) in [7, 11) is 0. The van der Waals surface area contributed by atoms with Crippen LogP contribution < -0.4 is 5.32 Å². The van der Waals surface area contributed by atoms with Crippen molar-refractivity contribution in [1.82, 2.24) is 9.78 Å². The molecule has 0 radical (unpaired) electrons. The second-order valence-corrected chi connectivity index (χ2v) is 6.67. The summed E-state index contributed by atoms with van der Waals surface area (Å²) in [6, 6.07) is 11.2. The lowest BCUT2D eigenvalue weighted by Crippen LogP contribution is -2.14. The van der Waals surface area contributed by atoms with Crippen molar-refractivity contribution in [2.24, 2.45) is 0 Å². The molecule has 0 fully saturated rings. The van der Waals surface area contributed by atoms with Gasteiger partial charge in [0, 0.05) is 0 Å². The number of nitrogens with zero attached hydrogens (tertiary/aromatic N) is 2. The summed E-state index contributed by atoms with van der Waals surface area (Å²) in [6.45, 7) is 4.04. The van der Waals surface area contributed by atoms with Crippen molar-refractivity contribution in [3.8, 4) is 0 Å². The van der Waals surface area contributed by atoms with E-state index in [1.54, 1.807) is 35.9 Å². The van der Waals surface area contributed by atoms with Crippen molar-refractivity contribution in [2.45, 2.75) is 20.4 Å². The number of anilines is 1. The lowest BCUT2D eigenvalue weighted by atomic mass is 10.2. The monoisotopic (exact) mass is 391 g/mol. The fraction of sp³-hybridized carbons (Fsp3) is 0.158. The van der Waals surface area contributed by atoms with Crippen molar-refractivity contribution in [2.75, 3.05) is 5.32 Å². The molecule has 0 atom stereocenters. The average molecular weight is 392 g/mol. The van der Waals surface area contributed by atoms with Gasteiger partial charge in [-0.2, -0.15) is 5.10 Å². The largest absolute Gasteiger partial charge is 0.319 e. The Hall–Kier alpha value is -2.37. The Bertz CT molecular complexity index is 985. The van der Waals surface area contributed by atoms with Crippen LogP contribution >= 0.6 is 23.2 Å². The van der Waals surface area contributed by atoms with Gasteiger partial charge in [-0.3, -0.25) is 9.48 Å². The predicted molar refractivity (Wildman–Crippen MR) is 102 cm³/mol. The molecule has 7 heteroatoms. The van der Waals surface area contributed by atoms with Crippen LogP contribution in [0.1, 0.15) is 27.3 Å². The van der Waals surface area contributed by atoms with Crippen LogP contribution in [0.2, 0.25) is 10.0 Å². The molecule has 0 unspecified atom stereocenters. The summed E-state index contributed by atoms with van der Waals surface area (Å²) < 4.78 is 15.1. The molecule has 2 aromatic carbocycles. The van der Waals surface area contributed by atoms with E-state index in [-0.39, 0.29) is 22.3 Å². The number of carbonyl (C=O) groups excluding carboxylic acids is 1. The minimum absolute atomic E-state index is 0.203. The third-order valence-corrected chi connectivity index (χ3v) is 4.86. The fourth-order valence-electron chi connectivity index (χ4n) is 2.70. The second kappa shape index (κ2) is 7.48. The van der Waals surface area contributed by atoms with E-state index in [9.17, 15) is 9.18 Å². The fourth-order valence-corrected chi connectivity index (χ4v) is 3.09. The van der Waals surface area contributed by atoms with E-state index in [2.05, 4.69) is 10.4 Å². The number of halogens is 3. The number of hydrogen-bond donors (Lipinski definition) is 1. The average Bonchev–Trinajstić information content (AvgIpc) is 2.85. The van der Waals surface area contributed by atoms with Crippen LogP contribution in [0.3, 0.4) is 0 Å². The normalized spacial score (nSPS) is 10.8. The number of aryl methyl sites for hydroxylation is 1. The topological polar surface area (TPSA) is 46.9 Å². The minimum Gasteiger partial charge on any atom is -0.319 e. The first-order chi connectivity index (χ1) is 12.4. The Morgan fingerprint density at radius 3 is 2.65 bits per heavy atom. The molecule has 1 amide bonds. The highest BCUT2D eigenvalue weighted by atomic mass is 35.5. The Morgan fingerprint density at radius 2 is 1.92 bits per heavy atom. The van der Waals surface area contributed by atoms with Crippen molar-refractivity contribution in [3.05, 3.63) is 80.8 Å². The first-order valence-electron chi connectivity index (χ1n) is 7.90. The molecule has 0 aliphatic rings. The van der Waals surface area contributed by atoms with Gasteiger partial charge in [0.1, 0.15) is 5.82 Å². The van der Waals surface area contributed by atoms with Gasteiger partial charge in [0.05, 0.1) is 39.2 Å². The van der Waals surface area contributed by atoms with Crippen LogP contribution in [0.25, 0.3) is 0 Å². The highest BCUT2D eigenvalue weighted by Crippen LogP contribution is 2.27. The number of nitrogens with one attached hydrogen (secondary N) is 1. The van der Waals surface area contributed by atoms with Crippen LogP contribution in [-0.4, -0.2) is 15.7 Å². The first-order valence-corrected chi connectivity index (χ1v) is 8.66. The van der Waals surface area contributed by atoms with E-state index in [1.165, 1.54) is 12.1 Å². The predicted octanol–water partition coefficient (Wildman–Crippen LogP) is 5.25. The van der Waals surface area contributed by atoms with E-state index in [0.717, 1.165) is 11.3 Å². The second-order valence-electron chi connectivity index (χ2n) is 5.89. The Kier molecular flexibility index (Phi) is 5.30. The van der Waals surface area contributed by atoms with Gasteiger partial charge in [-0.1, -0.05) is 41.4 Å². The van der Waals surface area contributed by atoms with E-state index in [0.29, 0.717) is 22.9 Å². The number of benzene rings is 2. The maximum Gasteiger partial charge on any atom is 0.257 e. The van der Waals surface area contributed by atoms with Crippen molar-refractivity contribution < 1.29 is 9.18 Å². The van der Waals surface area contributed by atoms with E-state index in [1.807, 2.05) is 13.0 Å². The van der Waals surface area contributed by atoms with E-state index < -0.39 is 0 Å². The van der Waals surface area contributed by atoms with Crippen molar-refractivity contribution in [3.63, 3.8) is 0 Å². The number of amides is 1. The molecular formula is C19H16Cl2FN3O. The summed E-state index contributed by atoms with van der Waals surface area (Å²) in [5.41, 5.74) is 3.09.